The Morgan fingerprint density at radius 3 is 2.81 bits per heavy atom. The molecule has 0 unspecified atom stereocenters. The van der Waals surface area contributed by atoms with Crippen LogP contribution in [0.4, 0.5) is 25.2 Å². The fourth-order valence-electron chi connectivity index (χ4n) is 2.98. The highest BCUT2D eigenvalue weighted by molar-refractivity contribution is 5.88. The number of aromatic nitrogens is 4. The zero-order chi connectivity index (χ0) is 18.5. The van der Waals surface area contributed by atoms with Crippen molar-refractivity contribution in [2.45, 2.75) is 31.9 Å². The summed E-state index contributed by atoms with van der Waals surface area (Å²) in [6, 6.07) is 5.06. The number of carbonyl (C=O) groups excluding carboxylic acids is 1. The Kier molecular flexibility index (Phi) is 5.59. The highest BCUT2D eigenvalue weighted by Gasteiger charge is 2.26. The van der Waals surface area contributed by atoms with Crippen molar-refractivity contribution in [2.75, 3.05) is 30.4 Å². The van der Waals surface area contributed by atoms with Gasteiger partial charge in [-0.2, -0.15) is 10.2 Å². The molecule has 1 aliphatic heterocycles. The van der Waals surface area contributed by atoms with E-state index in [-0.39, 0.29) is 17.9 Å². The van der Waals surface area contributed by atoms with Gasteiger partial charge in [0.1, 0.15) is 6.54 Å². The van der Waals surface area contributed by atoms with Gasteiger partial charge < -0.3 is 9.80 Å². The first-order valence-corrected chi connectivity index (χ1v) is 8.41. The fourth-order valence-corrected chi connectivity index (χ4v) is 2.98. The molecule has 0 aromatic carbocycles. The summed E-state index contributed by atoms with van der Waals surface area (Å²) in [5.41, 5.74) is 0. The highest BCUT2D eigenvalue weighted by atomic mass is 19.3. The predicted molar refractivity (Wildman–Crippen MR) is 92.3 cm³/mol. The first-order chi connectivity index (χ1) is 12.5. The molecule has 1 N–H and O–H groups in total. The number of carbonyl (C=O) groups is 1. The topological polar surface area (TPSA) is 79.2 Å². The van der Waals surface area contributed by atoms with Gasteiger partial charge >= 0.3 is 6.03 Å². The monoisotopic (exact) mass is 365 g/mol. The van der Waals surface area contributed by atoms with Gasteiger partial charge in [-0.3, -0.25) is 10.00 Å². The maximum atomic E-state index is 12.4. The third-order valence-electron chi connectivity index (χ3n) is 4.42. The van der Waals surface area contributed by atoms with Crippen LogP contribution in [-0.2, 0) is 6.54 Å². The first kappa shape index (κ1) is 18.0. The lowest BCUT2D eigenvalue weighted by Crippen LogP contribution is -2.47. The summed E-state index contributed by atoms with van der Waals surface area (Å²) in [7, 11) is 1.73. The number of hydrogen-bond donors (Lipinski definition) is 1. The Hall–Kier alpha value is -2.78. The van der Waals surface area contributed by atoms with Gasteiger partial charge in [-0.1, -0.05) is 0 Å². The summed E-state index contributed by atoms with van der Waals surface area (Å²) in [5, 5.41) is 14.6. The molecule has 0 bridgehead atoms. The lowest BCUT2D eigenvalue weighted by Gasteiger charge is -2.36. The van der Waals surface area contributed by atoms with Crippen molar-refractivity contribution in [3.8, 4) is 0 Å². The van der Waals surface area contributed by atoms with Gasteiger partial charge in [-0.25, -0.2) is 13.6 Å². The molecule has 2 amide bonds. The first-order valence-electron chi connectivity index (χ1n) is 8.41. The molecule has 26 heavy (non-hydrogen) atoms. The lowest BCUT2D eigenvalue weighted by molar-refractivity contribution is 0.122. The molecule has 2 aromatic rings. The second kappa shape index (κ2) is 8.07. The van der Waals surface area contributed by atoms with E-state index in [0.29, 0.717) is 0 Å². The number of nitrogens with one attached hydrogen (secondary N) is 1. The van der Waals surface area contributed by atoms with Crippen LogP contribution in [0.3, 0.4) is 0 Å². The van der Waals surface area contributed by atoms with Crippen molar-refractivity contribution in [1.82, 2.24) is 24.9 Å². The molecule has 3 rings (SSSR count). The van der Waals surface area contributed by atoms with Gasteiger partial charge in [0.2, 0.25) is 0 Å². The molecular weight excluding hydrogens is 344 g/mol. The van der Waals surface area contributed by atoms with E-state index in [9.17, 15) is 13.6 Å². The maximum absolute atomic E-state index is 12.4. The van der Waals surface area contributed by atoms with Gasteiger partial charge in [0.25, 0.3) is 6.43 Å². The second-order valence-corrected chi connectivity index (χ2v) is 6.16. The number of anilines is 2. The van der Waals surface area contributed by atoms with E-state index in [2.05, 4.69) is 25.5 Å². The molecule has 0 radical (unpaired) electrons. The van der Waals surface area contributed by atoms with E-state index in [1.807, 2.05) is 12.1 Å². The zero-order valence-corrected chi connectivity index (χ0v) is 14.4. The Morgan fingerprint density at radius 1 is 1.38 bits per heavy atom. The number of nitrogens with zero attached hydrogens (tertiary/aromatic N) is 6. The van der Waals surface area contributed by atoms with Crippen molar-refractivity contribution >= 4 is 17.7 Å². The van der Waals surface area contributed by atoms with Crippen LogP contribution >= 0.6 is 0 Å². The third kappa shape index (κ3) is 4.44. The Balaban J connectivity index is 1.50. The van der Waals surface area contributed by atoms with Gasteiger partial charge in [-0.15, -0.1) is 5.10 Å². The minimum atomic E-state index is -2.49. The molecule has 0 saturated carbocycles. The van der Waals surface area contributed by atoms with Crippen molar-refractivity contribution in [3.63, 3.8) is 0 Å². The fraction of sp³-hybridized carbons (Fsp3) is 0.500. The SMILES string of the molecule is CN(C(=O)Nc1ccn(CC(F)F)n1)C1CCN(c2cccnn2)CC1. The number of hydrogen-bond acceptors (Lipinski definition) is 5. The van der Waals surface area contributed by atoms with Gasteiger partial charge in [0.15, 0.2) is 11.6 Å². The predicted octanol–water partition coefficient (Wildman–Crippen LogP) is 2.07. The molecule has 0 spiro atoms. The zero-order valence-electron chi connectivity index (χ0n) is 14.4. The quantitative estimate of drug-likeness (QED) is 0.878. The van der Waals surface area contributed by atoms with Crippen LogP contribution in [0.25, 0.3) is 0 Å². The van der Waals surface area contributed by atoms with Crippen LogP contribution in [0.5, 0.6) is 0 Å². The maximum Gasteiger partial charge on any atom is 0.323 e. The number of amides is 2. The minimum Gasteiger partial charge on any atom is -0.355 e. The van der Waals surface area contributed by atoms with Crippen LogP contribution in [-0.4, -0.2) is 63.5 Å². The molecule has 1 fully saturated rings. The lowest BCUT2D eigenvalue weighted by atomic mass is 10.0. The summed E-state index contributed by atoms with van der Waals surface area (Å²) in [4.78, 5) is 16.2. The molecule has 0 aliphatic carbocycles. The smallest absolute Gasteiger partial charge is 0.323 e. The molecule has 1 saturated heterocycles. The largest absolute Gasteiger partial charge is 0.355 e. The van der Waals surface area contributed by atoms with E-state index in [4.69, 9.17) is 0 Å². The van der Waals surface area contributed by atoms with E-state index in [1.165, 1.54) is 12.3 Å². The van der Waals surface area contributed by atoms with E-state index in [0.717, 1.165) is 36.4 Å². The number of halogens is 2. The van der Waals surface area contributed by atoms with Gasteiger partial charge in [-0.05, 0) is 25.0 Å². The summed E-state index contributed by atoms with van der Waals surface area (Å²) in [5.74, 6) is 1.10. The van der Waals surface area contributed by atoms with E-state index < -0.39 is 13.0 Å². The summed E-state index contributed by atoms with van der Waals surface area (Å²) in [6.45, 7) is 1.07. The molecule has 1 aliphatic rings. The minimum absolute atomic E-state index is 0.0890. The number of alkyl halides is 2. The standard InChI is InChI=1S/C16H21F2N7O/c1-23(16(26)20-14-6-10-25(22-14)11-13(17)18)12-4-8-24(9-5-12)15-3-2-7-19-21-15/h2-3,6-7,10,12-13H,4-5,8-9,11H2,1H3,(H,20,22,26). The van der Waals surface area contributed by atoms with E-state index >= 15 is 0 Å². The van der Waals surface area contributed by atoms with Crippen LogP contribution in [0.1, 0.15) is 12.8 Å². The van der Waals surface area contributed by atoms with Crippen molar-refractivity contribution < 1.29 is 13.6 Å². The molecule has 2 aromatic heterocycles. The van der Waals surface area contributed by atoms with Crippen molar-refractivity contribution in [3.05, 3.63) is 30.6 Å². The van der Waals surface area contributed by atoms with Crippen LogP contribution in [0.2, 0.25) is 0 Å². The van der Waals surface area contributed by atoms with Crippen LogP contribution < -0.4 is 10.2 Å². The number of urea groups is 1. The normalized spacial score (nSPS) is 15.3. The average molecular weight is 365 g/mol. The molecular formula is C16H21F2N7O. The molecule has 3 heterocycles. The van der Waals surface area contributed by atoms with Gasteiger partial charge in [0.05, 0.1) is 0 Å². The van der Waals surface area contributed by atoms with Crippen molar-refractivity contribution in [2.24, 2.45) is 0 Å². The summed E-state index contributed by atoms with van der Waals surface area (Å²) >= 11 is 0. The molecule has 10 heteroatoms. The molecule has 0 atom stereocenters. The average Bonchev–Trinajstić information content (AvgIpc) is 3.08. The number of rotatable bonds is 5. The van der Waals surface area contributed by atoms with Crippen molar-refractivity contribution in [1.29, 1.82) is 0 Å². The molecule has 8 nitrogen and oxygen atoms in total. The Labute approximate surface area is 149 Å². The van der Waals surface area contributed by atoms with E-state index in [1.54, 1.807) is 18.1 Å². The second-order valence-electron chi connectivity index (χ2n) is 6.16. The summed E-state index contributed by atoms with van der Waals surface area (Å²) < 4.78 is 25.8. The Bertz CT molecular complexity index is 716. The number of piperidine rings is 1. The Morgan fingerprint density at radius 2 is 2.15 bits per heavy atom. The van der Waals surface area contributed by atoms with Gasteiger partial charge in [0, 0.05) is 44.6 Å². The highest BCUT2D eigenvalue weighted by Crippen LogP contribution is 2.20. The third-order valence-corrected chi connectivity index (χ3v) is 4.42. The summed E-state index contributed by atoms with van der Waals surface area (Å²) in [6.07, 6.45) is 2.18. The van der Waals surface area contributed by atoms with Crippen LogP contribution in [0.15, 0.2) is 30.6 Å². The van der Waals surface area contributed by atoms with Crippen LogP contribution in [0, 0.1) is 0 Å². The molecule has 140 valence electrons.